The van der Waals surface area contributed by atoms with E-state index in [4.69, 9.17) is 11.6 Å². The molecule has 0 saturated carbocycles. The van der Waals surface area contributed by atoms with Gasteiger partial charge in [0, 0.05) is 17.3 Å². The Hall–Kier alpha value is -1.20. The monoisotopic (exact) mass is 314 g/mol. The zero-order valence-corrected chi connectivity index (χ0v) is 13.0. The van der Waals surface area contributed by atoms with Crippen molar-refractivity contribution < 1.29 is 9.59 Å². The molecule has 4 nitrogen and oxygen atoms in total. The third-order valence-corrected chi connectivity index (χ3v) is 3.65. The van der Waals surface area contributed by atoms with Crippen LogP contribution in [0.25, 0.3) is 0 Å². The topological polar surface area (TPSA) is 58.2 Å². The number of amides is 2. The Morgan fingerprint density at radius 3 is 2.75 bits per heavy atom. The van der Waals surface area contributed by atoms with Gasteiger partial charge in [0.1, 0.15) is 0 Å². The van der Waals surface area contributed by atoms with Gasteiger partial charge in [-0.25, -0.2) is 0 Å². The molecule has 0 aliphatic heterocycles. The molecule has 110 valence electrons. The Bertz CT molecular complexity index is 455. The van der Waals surface area contributed by atoms with Crippen LogP contribution in [0, 0.1) is 0 Å². The minimum absolute atomic E-state index is 0.0383. The molecule has 0 radical (unpaired) electrons. The molecule has 20 heavy (non-hydrogen) atoms. The number of benzene rings is 1. The third kappa shape index (κ3) is 7.40. The van der Waals surface area contributed by atoms with Crippen molar-refractivity contribution in [3.63, 3.8) is 0 Å². The van der Waals surface area contributed by atoms with Gasteiger partial charge in [-0.15, -0.1) is 11.8 Å². The van der Waals surface area contributed by atoms with E-state index in [2.05, 4.69) is 10.6 Å². The fraction of sp³-hybridized carbons (Fsp3) is 0.429. The summed E-state index contributed by atoms with van der Waals surface area (Å²) >= 11 is 7.37. The van der Waals surface area contributed by atoms with Gasteiger partial charge in [-0.3, -0.25) is 9.59 Å². The van der Waals surface area contributed by atoms with Crippen molar-refractivity contribution in [2.75, 3.05) is 18.8 Å². The lowest BCUT2D eigenvalue weighted by atomic mass is 10.2. The number of carbonyl (C=O) groups is 2. The van der Waals surface area contributed by atoms with Crippen LogP contribution in [-0.2, 0) is 15.3 Å². The Balaban J connectivity index is 2.15. The molecule has 1 aromatic carbocycles. The van der Waals surface area contributed by atoms with Crippen LogP contribution in [0.5, 0.6) is 0 Å². The second-order valence-corrected chi connectivity index (χ2v) is 5.67. The molecular formula is C14H19ClN2O2S. The molecule has 1 rings (SSSR count). The molecule has 2 amide bonds. The summed E-state index contributed by atoms with van der Waals surface area (Å²) in [5, 5.41) is 5.99. The van der Waals surface area contributed by atoms with Crippen molar-refractivity contribution in [2.45, 2.75) is 19.1 Å². The van der Waals surface area contributed by atoms with E-state index in [9.17, 15) is 9.59 Å². The predicted molar refractivity (Wildman–Crippen MR) is 83.9 cm³/mol. The number of carbonyl (C=O) groups excluding carboxylic acids is 2. The molecule has 0 atom stereocenters. The van der Waals surface area contributed by atoms with Gasteiger partial charge in [0.2, 0.25) is 11.8 Å². The van der Waals surface area contributed by atoms with Gasteiger partial charge in [0.15, 0.2) is 0 Å². The molecule has 1 aromatic rings. The fourth-order valence-corrected chi connectivity index (χ4v) is 2.46. The maximum absolute atomic E-state index is 11.5. The first-order valence-electron chi connectivity index (χ1n) is 6.47. The van der Waals surface area contributed by atoms with Crippen LogP contribution in [-0.4, -0.2) is 30.7 Å². The van der Waals surface area contributed by atoms with Crippen LogP contribution < -0.4 is 10.6 Å². The molecule has 0 unspecified atom stereocenters. The standard InChI is InChI=1S/C14H19ClN2O2S/c1-2-6-16-13(18)8-17-14(19)10-20-9-11-4-3-5-12(15)7-11/h3-5,7H,2,6,8-10H2,1H3,(H,16,18)(H,17,19). The molecular weight excluding hydrogens is 296 g/mol. The summed E-state index contributed by atoms with van der Waals surface area (Å²) in [4.78, 5) is 22.8. The molecule has 0 aliphatic carbocycles. The Morgan fingerprint density at radius 1 is 1.25 bits per heavy atom. The average Bonchev–Trinajstić information content (AvgIpc) is 2.43. The normalized spacial score (nSPS) is 10.1. The second kappa shape index (κ2) is 9.66. The fourth-order valence-electron chi connectivity index (χ4n) is 1.45. The largest absolute Gasteiger partial charge is 0.355 e. The molecule has 0 spiro atoms. The van der Waals surface area contributed by atoms with Crippen molar-refractivity contribution in [1.82, 2.24) is 10.6 Å². The van der Waals surface area contributed by atoms with E-state index in [1.54, 1.807) is 0 Å². The van der Waals surface area contributed by atoms with Gasteiger partial charge in [0.25, 0.3) is 0 Å². The van der Waals surface area contributed by atoms with Crippen LogP contribution in [0.3, 0.4) is 0 Å². The number of thioether (sulfide) groups is 1. The molecule has 0 bridgehead atoms. The summed E-state index contributed by atoms with van der Waals surface area (Å²) in [6, 6.07) is 7.55. The van der Waals surface area contributed by atoms with Crippen LogP contribution in [0.15, 0.2) is 24.3 Å². The van der Waals surface area contributed by atoms with Crippen LogP contribution in [0.2, 0.25) is 5.02 Å². The summed E-state index contributed by atoms with van der Waals surface area (Å²) in [6.45, 7) is 2.65. The Kier molecular flexibility index (Phi) is 8.14. The minimum Gasteiger partial charge on any atom is -0.355 e. The van der Waals surface area contributed by atoms with Crippen molar-refractivity contribution in [2.24, 2.45) is 0 Å². The highest BCUT2D eigenvalue weighted by molar-refractivity contribution is 7.99. The quantitative estimate of drug-likeness (QED) is 0.773. The number of halogens is 1. The van der Waals surface area contributed by atoms with E-state index >= 15 is 0 Å². The lowest BCUT2D eigenvalue weighted by molar-refractivity contribution is -0.124. The van der Waals surface area contributed by atoms with Gasteiger partial charge >= 0.3 is 0 Å². The van der Waals surface area contributed by atoms with E-state index in [0.29, 0.717) is 17.3 Å². The molecule has 2 N–H and O–H groups in total. The average molecular weight is 315 g/mol. The first kappa shape index (κ1) is 16.9. The van der Waals surface area contributed by atoms with E-state index in [1.807, 2.05) is 31.2 Å². The maximum atomic E-state index is 11.5. The third-order valence-electron chi connectivity index (χ3n) is 2.41. The van der Waals surface area contributed by atoms with Crippen LogP contribution >= 0.6 is 23.4 Å². The summed E-state index contributed by atoms with van der Waals surface area (Å²) < 4.78 is 0. The number of rotatable bonds is 8. The summed E-state index contributed by atoms with van der Waals surface area (Å²) in [5.74, 6) is 0.757. The van der Waals surface area contributed by atoms with E-state index in [0.717, 1.165) is 17.7 Å². The van der Waals surface area contributed by atoms with Gasteiger partial charge in [-0.05, 0) is 24.1 Å². The first-order valence-corrected chi connectivity index (χ1v) is 8.00. The van der Waals surface area contributed by atoms with Crippen molar-refractivity contribution in [3.8, 4) is 0 Å². The van der Waals surface area contributed by atoms with Gasteiger partial charge in [-0.2, -0.15) is 0 Å². The highest BCUT2D eigenvalue weighted by atomic mass is 35.5. The highest BCUT2D eigenvalue weighted by Gasteiger charge is 2.05. The van der Waals surface area contributed by atoms with Crippen molar-refractivity contribution in [1.29, 1.82) is 0 Å². The lowest BCUT2D eigenvalue weighted by Crippen LogP contribution is -2.37. The molecule has 0 fully saturated rings. The SMILES string of the molecule is CCCNC(=O)CNC(=O)CSCc1cccc(Cl)c1. The lowest BCUT2D eigenvalue weighted by Gasteiger charge is -2.06. The molecule has 6 heteroatoms. The Morgan fingerprint density at radius 2 is 2.05 bits per heavy atom. The molecule has 0 aliphatic rings. The Labute approximate surface area is 128 Å². The smallest absolute Gasteiger partial charge is 0.239 e. The van der Waals surface area contributed by atoms with Crippen LogP contribution in [0.4, 0.5) is 0 Å². The van der Waals surface area contributed by atoms with E-state index < -0.39 is 0 Å². The van der Waals surface area contributed by atoms with Gasteiger partial charge in [0.05, 0.1) is 12.3 Å². The molecule has 0 saturated heterocycles. The van der Waals surface area contributed by atoms with E-state index in [1.165, 1.54) is 11.8 Å². The zero-order chi connectivity index (χ0) is 14.8. The summed E-state index contributed by atoms with van der Waals surface area (Å²) in [6.07, 6.45) is 0.884. The number of hydrogen-bond donors (Lipinski definition) is 2. The van der Waals surface area contributed by atoms with Gasteiger partial charge in [-0.1, -0.05) is 30.7 Å². The zero-order valence-electron chi connectivity index (χ0n) is 11.4. The summed E-state index contributed by atoms with van der Waals surface area (Å²) in [5.41, 5.74) is 1.08. The molecule has 0 heterocycles. The first-order chi connectivity index (χ1) is 9.61. The van der Waals surface area contributed by atoms with Gasteiger partial charge < -0.3 is 10.6 Å². The number of nitrogens with one attached hydrogen (secondary N) is 2. The predicted octanol–water partition coefficient (Wildman–Crippen LogP) is 2.22. The summed E-state index contributed by atoms with van der Waals surface area (Å²) in [7, 11) is 0. The minimum atomic E-state index is -0.153. The van der Waals surface area contributed by atoms with Crippen LogP contribution in [0.1, 0.15) is 18.9 Å². The van der Waals surface area contributed by atoms with Crippen molar-refractivity contribution in [3.05, 3.63) is 34.9 Å². The van der Waals surface area contributed by atoms with E-state index in [-0.39, 0.29) is 18.4 Å². The van der Waals surface area contributed by atoms with Crippen molar-refractivity contribution >= 4 is 35.2 Å². The second-order valence-electron chi connectivity index (χ2n) is 4.25. The molecule has 0 aromatic heterocycles. The maximum Gasteiger partial charge on any atom is 0.239 e. The highest BCUT2D eigenvalue weighted by Crippen LogP contribution is 2.16. The number of hydrogen-bond acceptors (Lipinski definition) is 3.